The molecule has 1 N–H and O–H groups in total. The number of benzene rings is 1. The van der Waals surface area contributed by atoms with Crippen LogP contribution in [0.3, 0.4) is 0 Å². The van der Waals surface area contributed by atoms with E-state index in [1.807, 2.05) is 30.3 Å². The lowest BCUT2D eigenvalue weighted by Gasteiger charge is -2.21. The van der Waals surface area contributed by atoms with Gasteiger partial charge in [0, 0.05) is 0 Å². The van der Waals surface area contributed by atoms with Crippen LogP contribution in [0.5, 0.6) is 0 Å². The summed E-state index contributed by atoms with van der Waals surface area (Å²) in [6.45, 7) is 6.42. The third-order valence-corrected chi connectivity index (χ3v) is 3.22. The van der Waals surface area contributed by atoms with E-state index in [0.717, 1.165) is 5.56 Å². The predicted octanol–water partition coefficient (Wildman–Crippen LogP) is 2.71. The summed E-state index contributed by atoms with van der Waals surface area (Å²) in [5, 5.41) is 9.16. The fourth-order valence-corrected chi connectivity index (χ4v) is 2.00. The summed E-state index contributed by atoms with van der Waals surface area (Å²) in [7, 11) is -1.66. The molecule has 0 heterocycles. The minimum atomic E-state index is -1.66. The Morgan fingerprint density at radius 2 is 1.88 bits per heavy atom. The van der Waals surface area contributed by atoms with Gasteiger partial charge in [-0.1, -0.05) is 30.3 Å². The molecule has 88 valence electrons. The molecule has 0 bridgehead atoms. The number of hydrogen-bond acceptors (Lipinski definition) is 2. The number of carboxylic acid groups (broad SMARTS) is 1. The zero-order valence-electron chi connectivity index (χ0n) is 9.93. The second-order valence-corrected chi connectivity index (χ2v) is 9.24. The SMILES string of the molecule is C[Si](C)(C)OCC(C(=O)O)c1ccccc1. The molecule has 4 heteroatoms. The Morgan fingerprint density at radius 1 is 1.31 bits per heavy atom. The Kier molecular flexibility index (Phi) is 4.26. The van der Waals surface area contributed by atoms with Crippen LogP contribution in [0.25, 0.3) is 0 Å². The van der Waals surface area contributed by atoms with E-state index < -0.39 is 20.2 Å². The smallest absolute Gasteiger partial charge is 0.313 e. The van der Waals surface area contributed by atoms with E-state index >= 15 is 0 Å². The molecule has 1 aromatic carbocycles. The highest BCUT2D eigenvalue weighted by Crippen LogP contribution is 2.18. The molecule has 0 aliphatic heterocycles. The summed E-state index contributed by atoms with van der Waals surface area (Å²) >= 11 is 0. The first kappa shape index (κ1) is 12.9. The Balaban J connectivity index is 2.74. The van der Waals surface area contributed by atoms with Gasteiger partial charge in [0.25, 0.3) is 0 Å². The minimum absolute atomic E-state index is 0.259. The molecule has 0 aliphatic carbocycles. The maximum absolute atomic E-state index is 11.2. The summed E-state index contributed by atoms with van der Waals surface area (Å²) in [4.78, 5) is 11.2. The first-order valence-corrected chi connectivity index (χ1v) is 8.73. The van der Waals surface area contributed by atoms with E-state index in [-0.39, 0.29) is 6.61 Å². The van der Waals surface area contributed by atoms with E-state index in [9.17, 15) is 4.79 Å². The topological polar surface area (TPSA) is 46.5 Å². The van der Waals surface area contributed by atoms with Crippen molar-refractivity contribution in [1.29, 1.82) is 0 Å². The van der Waals surface area contributed by atoms with E-state index in [1.54, 1.807) is 0 Å². The zero-order chi connectivity index (χ0) is 12.2. The van der Waals surface area contributed by atoms with Crippen molar-refractivity contribution in [1.82, 2.24) is 0 Å². The van der Waals surface area contributed by atoms with Crippen molar-refractivity contribution < 1.29 is 14.3 Å². The van der Waals surface area contributed by atoms with Crippen molar-refractivity contribution in [2.24, 2.45) is 0 Å². The van der Waals surface area contributed by atoms with E-state index in [1.165, 1.54) is 0 Å². The first-order valence-electron chi connectivity index (χ1n) is 5.32. The van der Waals surface area contributed by atoms with Gasteiger partial charge in [0.15, 0.2) is 8.32 Å². The average Bonchev–Trinajstić information content (AvgIpc) is 2.17. The normalized spacial score (nSPS) is 13.4. The fraction of sp³-hybridized carbons (Fsp3) is 0.417. The summed E-state index contributed by atoms with van der Waals surface area (Å²) in [5.74, 6) is -1.39. The molecule has 0 saturated carbocycles. The van der Waals surface area contributed by atoms with Crippen LogP contribution in [0.15, 0.2) is 30.3 Å². The van der Waals surface area contributed by atoms with Crippen molar-refractivity contribution in [2.75, 3.05) is 6.61 Å². The number of hydrogen-bond donors (Lipinski definition) is 1. The van der Waals surface area contributed by atoms with Crippen LogP contribution in [0.4, 0.5) is 0 Å². The number of rotatable bonds is 5. The summed E-state index contributed by atoms with van der Waals surface area (Å²) in [5.41, 5.74) is 0.799. The molecule has 0 aliphatic rings. The second kappa shape index (κ2) is 5.27. The Morgan fingerprint density at radius 3 is 2.31 bits per heavy atom. The van der Waals surface area contributed by atoms with Gasteiger partial charge in [0.2, 0.25) is 0 Å². The lowest BCUT2D eigenvalue weighted by atomic mass is 10.0. The molecule has 1 unspecified atom stereocenters. The predicted molar refractivity (Wildman–Crippen MR) is 66.1 cm³/mol. The van der Waals surface area contributed by atoms with Crippen molar-refractivity contribution in [3.63, 3.8) is 0 Å². The van der Waals surface area contributed by atoms with Gasteiger partial charge in [-0.15, -0.1) is 0 Å². The van der Waals surface area contributed by atoms with Crippen LogP contribution < -0.4 is 0 Å². The number of carboxylic acids is 1. The Bertz CT molecular complexity index is 343. The molecule has 1 atom stereocenters. The molecule has 16 heavy (non-hydrogen) atoms. The van der Waals surface area contributed by atoms with Gasteiger partial charge < -0.3 is 9.53 Å². The highest BCUT2D eigenvalue weighted by Gasteiger charge is 2.23. The number of aliphatic carboxylic acids is 1. The molecular formula is C12H18O3Si. The van der Waals surface area contributed by atoms with Crippen LogP contribution in [-0.2, 0) is 9.22 Å². The van der Waals surface area contributed by atoms with Crippen LogP contribution in [-0.4, -0.2) is 26.0 Å². The Hall–Kier alpha value is -1.13. The molecule has 0 spiro atoms. The van der Waals surface area contributed by atoms with Crippen LogP contribution in [0.2, 0.25) is 19.6 Å². The van der Waals surface area contributed by atoms with Crippen molar-refractivity contribution >= 4 is 14.3 Å². The molecule has 0 amide bonds. The van der Waals surface area contributed by atoms with Gasteiger partial charge in [0.1, 0.15) is 5.92 Å². The van der Waals surface area contributed by atoms with Gasteiger partial charge in [-0.05, 0) is 25.2 Å². The van der Waals surface area contributed by atoms with Crippen LogP contribution >= 0.6 is 0 Å². The van der Waals surface area contributed by atoms with Gasteiger partial charge >= 0.3 is 5.97 Å². The van der Waals surface area contributed by atoms with Crippen molar-refractivity contribution in [3.05, 3.63) is 35.9 Å². The maximum atomic E-state index is 11.2. The average molecular weight is 238 g/mol. The van der Waals surface area contributed by atoms with Gasteiger partial charge in [-0.3, -0.25) is 4.79 Å². The lowest BCUT2D eigenvalue weighted by molar-refractivity contribution is -0.139. The summed E-state index contributed by atoms with van der Waals surface area (Å²) in [6.07, 6.45) is 0. The highest BCUT2D eigenvalue weighted by atomic mass is 28.4. The molecule has 1 rings (SSSR count). The van der Waals surface area contributed by atoms with Gasteiger partial charge in [-0.25, -0.2) is 0 Å². The van der Waals surface area contributed by atoms with Gasteiger partial charge in [-0.2, -0.15) is 0 Å². The molecule has 0 aromatic heterocycles. The van der Waals surface area contributed by atoms with E-state index in [2.05, 4.69) is 19.6 Å². The zero-order valence-corrected chi connectivity index (χ0v) is 10.9. The summed E-state index contributed by atoms with van der Waals surface area (Å²) in [6, 6.07) is 9.22. The molecule has 0 saturated heterocycles. The third-order valence-electron chi connectivity index (χ3n) is 2.18. The molecule has 1 aromatic rings. The van der Waals surface area contributed by atoms with Crippen molar-refractivity contribution in [3.8, 4) is 0 Å². The number of carbonyl (C=O) groups is 1. The lowest BCUT2D eigenvalue weighted by Crippen LogP contribution is -2.30. The largest absolute Gasteiger partial charge is 0.481 e. The molecule has 0 radical (unpaired) electrons. The standard InChI is InChI=1S/C12H18O3Si/c1-16(2,3)15-9-11(12(13)14)10-7-5-4-6-8-10/h4-8,11H,9H2,1-3H3,(H,13,14). The second-order valence-electron chi connectivity index (χ2n) is 4.72. The molecule has 0 fully saturated rings. The third kappa shape index (κ3) is 4.16. The highest BCUT2D eigenvalue weighted by molar-refractivity contribution is 6.69. The van der Waals surface area contributed by atoms with Crippen molar-refractivity contribution in [2.45, 2.75) is 25.6 Å². The molecular weight excluding hydrogens is 220 g/mol. The monoisotopic (exact) mass is 238 g/mol. The van der Waals surface area contributed by atoms with E-state index in [0.29, 0.717) is 0 Å². The molecule has 3 nitrogen and oxygen atoms in total. The van der Waals surface area contributed by atoms with E-state index in [4.69, 9.17) is 9.53 Å². The van der Waals surface area contributed by atoms with Crippen LogP contribution in [0.1, 0.15) is 11.5 Å². The fourth-order valence-electron chi connectivity index (χ4n) is 1.33. The quantitative estimate of drug-likeness (QED) is 0.802. The Labute approximate surface area is 97.2 Å². The summed E-state index contributed by atoms with van der Waals surface area (Å²) < 4.78 is 5.67. The van der Waals surface area contributed by atoms with Gasteiger partial charge in [0.05, 0.1) is 6.61 Å². The van der Waals surface area contributed by atoms with Crippen LogP contribution in [0, 0.1) is 0 Å². The first-order chi connectivity index (χ1) is 7.40. The minimum Gasteiger partial charge on any atom is -0.481 e. The maximum Gasteiger partial charge on any atom is 0.313 e.